The molecule has 3 heteroatoms. The van der Waals surface area contributed by atoms with Crippen LogP contribution in [0, 0.1) is 13.8 Å². The SMILES string of the molecule is Cc1nn(-c2ccccc2)c(C)c1CNC1CC1. The largest absolute Gasteiger partial charge is 0.310 e. The average molecular weight is 241 g/mol. The third-order valence-electron chi connectivity index (χ3n) is 3.59. The summed E-state index contributed by atoms with van der Waals surface area (Å²) in [5, 5.41) is 8.22. The Hall–Kier alpha value is -1.61. The predicted molar refractivity (Wildman–Crippen MR) is 72.9 cm³/mol. The lowest BCUT2D eigenvalue weighted by Crippen LogP contribution is -2.16. The van der Waals surface area contributed by atoms with Gasteiger partial charge in [-0.2, -0.15) is 5.10 Å². The highest BCUT2D eigenvalue weighted by atomic mass is 15.3. The first-order valence-electron chi connectivity index (χ1n) is 6.59. The Kier molecular flexibility index (Phi) is 2.92. The zero-order chi connectivity index (χ0) is 12.5. The molecular formula is C15H19N3. The molecule has 0 amide bonds. The zero-order valence-corrected chi connectivity index (χ0v) is 11.0. The van der Waals surface area contributed by atoms with Gasteiger partial charge in [0.25, 0.3) is 0 Å². The van der Waals surface area contributed by atoms with Crippen molar-refractivity contribution in [1.82, 2.24) is 15.1 Å². The van der Waals surface area contributed by atoms with Crippen molar-refractivity contribution < 1.29 is 0 Å². The van der Waals surface area contributed by atoms with Crippen molar-refractivity contribution in [2.24, 2.45) is 0 Å². The average Bonchev–Trinajstić information content (AvgIpc) is 3.16. The number of benzene rings is 1. The van der Waals surface area contributed by atoms with E-state index in [9.17, 15) is 0 Å². The van der Waals surface area contributed by atoms with Gasteiger partial charge in [0.1, 0.15) is 0 Å². The molecular weight excluding hydrogens is 222 g/mol. The second-order valence-electron chi connectivity index (χ2n) is 5.05. The Morgan fingerprint density at radius 3 is 2.61 bits per heavy atom. The first-order valence-corrected chi connectivity index (χ1v) is 6.59. The molecule has 1 aliphatic carbocycles. The van der Waals surface area contributed by atoms with E-state index in [-0.39, 0.29) is 0 Å². The monoisotopic (exact) mass is 241 g/mol. The van der Waals surface area contributed by atoms with Crippen LogP contribution in [0.2, 0.25) is 0 Å². The van der Waals surface area contributed by atoms with Crippen LogP contribution in [0.4, 0.5) is 0 Å². The summed E-state index contributed by atoms with van der Waals surface area (Å²) in [6, 6.07) is 11.1. The molecule has 0 spiro atoms. The standard InChI is InChI=1S/C15H19N3/c1-11-15(10-16-13-8-9-13)12(2)18(17-11)14-6-4-3-5-7-14/h3-7,13,16H,8-10H2,1-2H3. The second-order valence-corrected chi connectivity index (χ2v) is 5.05. The van der Waals surface area contributed by atoms with Crippen LogP contribution in [-0.2, 0) is 6.54 Å². The Morgan fingerprint density at radius 1 is 1.22 bits per heavy atom. The Bertz CT molecular complexity index is 538. The van der Waals surface area contributed by atoms with Crippen molar-refractivity contribution in [2.75, 3.05) is 0 Å². The maximum atomic E-state index is 4.66. The third-order valence-corrected chi connectivity index (χ3v) is 3.59. The highest BCUT2D eigenvalue weighted by Gasteiger charge is 2.21. The van der Waals surface area contributed by atoms with E-state index in [4.69, 9.17) is 0 Å². The topological polar surface area (TPSA) is 29.9 Å². The molecule has 0 bridgehead atoms. The van der Waals surface area contributed by atoms with Crippen LogP contribution in [0.5, 0.6) is 0 Å². The number of para-hydroxylation sites is 1. The minimum Gasteiger partial charge on any atom is -0.310 e. The summed E-state index contributed by atoms with van der Waals surface area (Å²) < 4.78 is 2.04. The van der Waals surface area contributed by atoms with Gasteiger partial charge in [0.15, 0.2) is 0 Å². The summed E-state index contributed by atoms with van der Waals surface area (Å²) in [5.41, 5.74) is 4.85. The van der Waals surface area contributed by atoms with Crippen molar-refractivity contribution >= 4 is 0 Å². The van der Waals surface area contributed by atoms with Crippen LogP contribution >= 0.6 is 0 Å². The molecule has 0 radical (unpaired) electrons. The highest BCUT2D eigenvalue weighted by Crippen LogP contribution is 2.22. The van der Waals surface area contributed by atoms with Gasteiger partial charge in [0, 0.05) is 23.8 Å². The van der Waals surface area contributed by atoms with Crippen LogP contribution < -0.4 is 5.32 Å². The summed E-state index contributed by atoms with van der Waals surface area (Å²) in [5.74, 6) is 0. The maximum absolute atomic E-state index is 4.66. The van der Waals surface area contributed by atoms with Crippen molar-refractivity contribution in [3.05, 3.63) is 47.3 Å². The summed E-state index contributed by atoms with van der Waals surface area (Å²) >= 11 is 0. The first-order chi connectivity index (χ1) is 8.75. The third kappa shape index (κ3) is 2.18. The molecule has 1 aromatic heterocycles. The van der Waals surface area contributed by atoms with Gasteiger partial charge in [0.2, 0.25) is 0 Å². The molecule has 3 rings (SSSR count). The predicted octanol–water partition coefficient (Wildman–Crippen LogP) is 2.74. The number of hydrogen-bond acceptors (Lipinski definition) is 2. The Balaban J connectivity index is 1.89. The van der Waals surface area contributed by atoms with Gasteiger partial charge >= 0.3 is 0 Å². The van der Waals surface area contributed by atoms with Gasteiger partial charge in [-0.05, 0) is 38.8 Å². The van der Waals surface area contributed by atoms with Crippen molar-refractivity contribution in [3.8, 4) is 5.69 Å². The molecule has 18 heavy (non-hydrogen) atoms. The molecule has 1 N–H and O–H groups in total. The fourth-order valence-electron chi connectivity index (χ4n) is 2.29. The lowest BCUT2D eigenvalue weighted by molar-refractivity contribution is 0.682. The summed E-state index contributed by atoms with van der Waals surface area (Å²) in [6.07, 6.45) is 2.65. The van der Waals surface area contributed by atoms with Gasteiger partial charge in [0.05, 0.1) is 11.4 Å². The van der Waals surface area contributed by atoms with Crippen LogP contribution in [0.3, 0.4) is 0 Å². The van der Waals surface area contributed by atoms with Crippen LogP contribution in [0.15, 0.2) is 30.3 Å². The fourth-order valence-corrected chi connectivity index (χ4v) is 2.29. The van der Waals surface area contributed by atoms with Crippen LogP contribution in [0.1, 0.15) is 29.8 Å². The quantitative estimate of drug-likeness (QED) is 0.892. The highest BCUT2D eigenvalue weighted by molar-refractivity contribution is 5.36. The van der Waals surface area contributed by atoms with Gasteiger partial charge in [-0.1, -0.05) is 18.2 Å². The molecule has 94 valence electrons. The fraction of sp³-hybridized carbons (Fsp3) is 0.400. The van der Waals surface area contributed by atoms with E-state index in [1.165, 1.54) is 24.1 Å². The Labute approximate surface area is 108 Å². The van der Waals surface area contributed by atoms with Crippen molar-refractivity contribution in [3.63, 3.8) is 0 Å². The molecule has 0 atom stereocenters. The number of aryl methyl sites for hydroxylation is 1. The van der Waals surface area contributed by atoms with E-state index in [0.717, 1.165) is 24.0 Å². The van der Waals surface area contributed by atoms with E-state index in [1.807, 2.05) is 22.9 Å². The van der Waals surface area contributed by atoms with E-state index < -0.39 is 0 Å². The van der Waals surface area contributed by atoms with E-state index in [0.29, 0.717) is 0 Å². The summed E-state index contributed by atoms with van der Waals surface area (Å²) in [4.78, 5) is 0. The van der Waals surface area contributed by atoms with Gasteiger partial charge in [-0.3, -0.25) is 0 Å². The van der Waals surface area contributed by atoms with Gasteiger partial charge in [-0.15, -0.1) is 0 Å². The van der Waals surface area contributed by atoms with Gasteiger partial charge in [-0.25, -0.2) is 4.68 Å². The first kappa shape index (κ1) is 11.5. The maximum Gasteiger partial charge on any atom is 0.0648 e. The molecule has 1 aliphatic rings. The number of aromatic nitrogens is 2. The second kappa shape index (κ2) is 4.58. The zero-order valence-electron chi connectivity index (χ0n) is 11.0. The van der Waals surface area contributed by atoms with Gasteiger partial charge < -0.3 is 5.32 Å². The number of nitrogens with zero attached hydrogens (tertiary/aromatic N) is 2. The van der Waals surface area contributed by atoms with Crippen molar-refractivity contribution in [1.29, 1.82) is 0 Å². The summed E-state index contributed by atoms with van der Waals surface area (Å²) in [6.45, 7) is 5.18. The number of rotatable bonds is 4. The summed E-state index contributed by atoms with van der Waals surface area (Å²) in [7, 11) is 0. The van der Waals surface area contributed by atoms with Crippen molar-refractivity contribution in [2.45, 2.75) is 39.3 Å². The van der Waals surface area contributed by atoms with E-state index in [2.05, 4.69) is 36.4 Å². The molecule has 1 heterocycles. The molecule has 1 saturated carbocycles. The lowest BCUT2D eigenvalue weighted by Gasteiger charge is -2.06. The minimum absolute atomic E-state index is 0.740. The van der Waals surface area contributed by atoms with Crippen LogP contribution in [-0.4, -0.2) is 15.8 Å². The number of hydrogen-bond donors (Lipinski definition) is 1. The normalized spacial score (nSPS) is 15.0. The van der Waals surface area contributed by atoms with E-state index >= 15 is 0 Å². The van der Waals surface area contributed by atoms with E-state index in [1.54, 1.807) is 0 Å². The molecule has 0 aliphatic heterocycles. The minimum atomic E-state index is 0.740. The molecule has 0 unspecified atom stereocenters. The number of nitrogens with one attached hydrogen (secondary N) is 1. The molecule has 1 fully saturated rings. The molecule has 1 aromatic carbocycles. The molecule has 3 nitrogen and oxygen atoms in total. The Morgan fingerprint density at radius 2 is 1.94 bits per heavy atom. The smallest absolute Gasteiger partial charge is 0.0648 e. The molecule has 0 saturated heterocycles. The molecule has 2 aromatic rings. The van der Waals surface area contributed by atoms with Crippen LogP contribution in [0.25, 0.3) is 5.69 Å². The lowest BCUT2D eigenvalue weighted by atomic mass is 10.2.